The lowest BCUT2D eigenvalue weighted by Crippen LogP contribution is -2.64. The number of nitrogens with one attached hydrogen (secondary N) is 2. The van der Waals surface area contributed by atoms with E-state index in [0.29, 0.717) is 54.6 Å². The summed E-state index contributed by atoms with van der Waals surface area (Å²) in [6.07, 6.45) is -2.10. The smallest absolute Gasteiger partial charge is 0.337 e. The highest BCUT2D eigenvalue weighted by molar-refractivity contribution is 7.85. The van der Waals surface area contributed by atoms with Crippen LogP contribution in [0.1, 0.15) is 95.5 Å². The first-order chi connectivity index (χ1) is 42.8. The molecule has 2 aliphatic heterocycles. The number of fused-ring (bicyclic) bond motifs is 2. The van der Waals surface area contributed by atoms with Crippen molar-refractivity contribution in [1.29, 1.82) is 0 Å². The lowest BCUT2D eigenvalue weighted by molar-refractivity contribution is -0.271. The van der Waals surface area contributed by atoms with Gasteiger partial charge in [-0.25, -0.2) is 19.6 Å². The van der Waals surface area contributed by atoms with Crippen LogP contribution in [0.15, 0.2) is 79.0 Å². The maximum Gasteiger partial charge on any atom is 0.337 e. The Labute approximate surface area is 522 Å². The van der Waals surface area contributed by atoms with Crippen LogP contribution in [0.2, 0.25) is 0 Å². The van der Waals surface area contributed by atoms with Crippen molar-refractivity contribution in [3.8, 4) is 22.8 Å². The molecule has 5 fully saturated rings. The molecule has 8 atom stereocenters. The first-order valence-electron chi connectivity index (χ1n) is 29.8. The van der Waals surface area contributed by atoms with Gasteiger partial charge in [0.15, 0.2) is 11.2 Å². The van der Waals surface area contributed by atoms with Crippen LogP contribution in [0.3, 0.4) is 0 Å². The zero-order valence-electron chi connectivity index (χ0n) is 49.9. The van der Waals surface area contributed by atoms with Crippen molar-refractivity contribution >= 4 is 66.4 Å². The number of benzene rings is 3. The molecule has 4 aliphatic carbocycles. The number of nitrogens with two attached hydrogens (primary N) is 1. The lowest BCUT2D eigenvalue weighted by atomic mass is 9.39. The second-order valence-corrected chi connectivity index (χ2v) is 27.7. The fraction of sp³-hybridized carbons (Fsp3) is 0.500. The van der Waals surface area contributed by atoms with Crippen LogP contribution in [0.5, 0.6) is 11.5 Å². The molecule has 6 aliphatic rings. The van der Waals surface area contributed by atoms with E-state index in [4.69, 9.17) is 44.2 Å². The zero-order chi connectivity index (χ0) is 63.9. The Morgan fingerprint density at radius 2 is 1.66 bits per heavy atom. The van der Waals surface area contributed by atoms with Crippen molar-refractivity contribution in [2.45, 2.75) is 128 Å². The Morgan fingerprint density at radius 1 is 0.878 bits per heavy atom. The number of aliphatic hydroxyl groups is 3. The maximum absolute atomic E-state index is 13.9. The van der Waals surface area contributed by atoms with Gasteiger partial charge >= 0.3 is 17.9 Å². The number of pyridine rings is 1. The molecule has 1 amide bonds. The van der Waals surface area contributed by atoms with Gasteiger partial charge in [-0.2, -0.15) is 13.5 Å². The number of carbonyl (C=O) groups is 4. The molecule has 482 valence electrons. The number of hydrogen-bond donors (Lipinski definition) is 9. The van der Waals surface area contributed by atoms with E-state index in [1.54, 1.807) is 24.4 Å². The molecule has 0 spiro atoms. The largest absolute Gasteiger partial charge is 0.491 e. The number of thiazole rings is 1. The number of aliphatic hydroxyl groups excluding tert-OH is 3. The third-order valence-electron chi connectivity index (χ3n) is 17.7. The predicted octanol–water partition coefficient (Wildman–Crippen LogP) is 4.73. The summed E-state index contributed by atoms with van der Waals surface area (Å²) in [5, 5.41) is 62.4. The molecule has 12 rings (SSSR count). The van der Waals surface area contributed by atoms with Crippen molar-refractivity contribution in [3.63, 3.8) is 0 Å². The van der Waals surface area contributed by atoms with Gasteiger partial charge in [-0.1, -0.05) is 49.4 Å². The Hall–Kier alpha value is -7.22. The fourth-order valence-electron chi connectivity index (χ4n) is 15.1. The summed E-state index contributed by atoms with van der Waals surface area (Å²) in [6, 6.07) is 19.2. The number of nitrogens with zero attached hydrogens (tertiary/aromatic N) is 5. The van der Waals surface area contributed by atoms with Crippen LogP contribution >= 0.6 is 11.3 Å². The molecule has 3 aromatic carbocycles. The average Bonchev–Trinajstić information content (AvgIpc) is 1.73. The normalized spacial score (nSPS) is 26.4. The number of ether oxygens (including phenoxy) is 6. The summed E-state index contributed by atoms with van der Waals surface area (Å²) in [5.74, 6) is -4.47. The van der Waals surface area contributed by atoms with Gasteiger partial charge in [0.2, 0.25) is 6.29 Å². The van der Waals surface area contributed by atoms with E-state index in [2.05, 4.69) is 34.4 Å². The van der Waals surface area contributed by atoms with E-state index < -0.39 is 82.7 Å². The summed E-state index contributed by atoms with van der Waals surface area (Å²) < 4.78 is 72.4. The van der Waals surface area contributed by atoms with Crippen LogP contribution in [-0.2, 0) is 64.8 Å². The molecule has 26 nitrogen and oxygen atoms in total. The molecule has 1 saturated heterocycles. The van der Waals surface area contributed by atoms with Gasteiger partial charge < -0.3 is 69.9 Å². The summed E-state index contributed by atoms with van der Waals surface area (Å²) in [5.41, 5.74) is 9.52. The number of carboxylic acid groups (broad SMARTS) is 2. The van der Waals surface area contributed by atoms with Crippen molar-refractivity contribution in [2.24, 2.45) is 22.0 Å². The molecule has 3 aromatic heterocycles. The number of anilines is 2. The zero-order valence-corrected chi connectivity index (χ0v) is 51.5. The number of carboxylic acids is 2. The molecule has 5 heterocycles. The van der Waals surface area contributed by atoms with Crippen LogP contribution < -0.4 is 30.7 Å². The molecule has 3 unspecified atom stereocenters. The second kappa shape index (κ2) is 25.8. The number of carbonyl (C=O) groups excluding carboxylic acids is 2. The Morgan fingerprint density at radius 3 is 2.39 bits per heavy atom. The van der Waals surface area contributed by atoms with E-state index in [-0.39, 0.29) is 90.0 Å². The van der Waals surface area contributed by atoms with E-state index in [9.17, 15) is 57.7 Å². The van der Waals surface area contributed by atoms with Crippen molar-refractivity contribution in [1.82, 2.24) is 25.1 Å². The van der Waals surface area contributed by atoms with Crippen LogP contribution in [0.25, 0.3) is 21.5 Å². The Bertz CT molecular complexity index is 3750. The van der Waals surface area contributed by atoms with E-state index in [0.717, 1.165) is 59.1 Å². The van der Waals surface area contributed by atoms with Crippen molar-refractivity contribution in [2.75, 3.05) is 62.0 Å². The fourth-order valence-corrected chi connectivity index (χ4v) is 16.6. The first-order valence-corrected chi connectivity index (χ1v) is 32.2. The first kappa shape index (κ1) is 64.3. The van der Waals surface area contributed by atoms with Gasteiger partial charge in [0.25, 0.3) is 16.0 Å². The molecule has 4 bridgehead atoms. The van der Waals surface area contributed by atoms with Gasteiger partial charge in [-0.3, -0.25) is 24.1 Å². The monoisotopic (exact) mass is 1280 g/mol. The molecular formula is C62H74N8O18S2. The molecule has 4 saturated carbocycles. The quantitative estimate of drug-likeness (QED) is 0.0201. The highest BCUT2D eigenvalue weighted by atomic mass is 32.2. The second-order valence-electron chi connectivity index (χ2n) is 25.2. The topological polar surface area (TPSA) is 376 Å². The predicted molar refractivity (Wildman–Crippen MR) is 326 cm³/mol. The minimum atomic E-state index is -4.74. The van der Waals surface area contributed by atoms with E-state index in [1.165, 1.54) is 29.5 Å². The Balaban J connectivity index is 0.754. The van der Waals surface area contributed by atoms with Gasteiger partial charge in [-0.05, 0) is 122 Å². The molecule has 28 heteroatoms. The summed E-state index contributed by atoms with van der Waals surface area (Å²) in [4.78, 5) is 64.0. The molecule has 10 N–H and O–H groups in total. The van der Waals surface area contributed by atoms with E-state index >= 15 is 0 Å². The van der Waals surface area contributed by atoms with Gasteiger partial charge in [0.1, 0.15) is 60.6 Å². The minimum Gasteiger partial charge on any atom is -0.491 e. The van der Waals surface area contributed by atoms with Crippen LogP contribution in [-0.4, -0.2) is 176 Å². The number of aromatic carboxylic acids is 1. The molecule has 90 heavy (non-hydrogen) atoms. The number of rotatable bonds is 26. The number of amides is 1. The SMILES string of the molecule is Cc1c(-c2nc(N3CCc4cccc(C(=O)Nc5nc6ccccc6s5)c4C3)ccc2C(=O)O)cnn1CC12CC3(C)CC(C)(C1)CC(OCCNC(CS(=O)(=O)O)C(=O)OCc1ccc(O[C@@H]4O[C@H](C(=O)O)[C@@H](O)[C@H](O)[C@H]4O)cc1OCCOCCN)(C3)C2. The van der Waals surface area contributed by atoms with Gasteiger partial charge in [0.05, 0.1) is 53.1 Å². The lowest BCUT2D eigenvalue weighted by Gasteiger charge is -2.69. The highest BCUT2D eigenvalue weighted by Crippen LogP contribution is 2.72. The number of esters is 1. The third kappa shape index (κ3) is 14.0. The third-order valence-corrected chi connectivity index (χ3v) is 19.5. The number of para-hydroxylation sites is 1. The van der Waals surface area contributed by atoms with Crippen LogP contribution in [0, 0.1) is 23.2 Å². The van der Waals surface area contributed by atoms with Crippen molar-refractivity contribution < 1.29 is 86.1 Å². The summed E-state index contributed by atoms with van der Waals surface area (Å²) in [6.45, 7) is 8.10. The van der Waals surface area contributed by atoms with Crippen LogP contribution in [0.4, 0.5) is 10.9 Å². The van der Waals surface area contributed by atoms with E-state index in [1.807, 2.05) is 48.0 Å². The molecular weight excluding hydrogens is 1210 g/mol. The summed E-state index contributed by atoms with van der Waals surface area (Å²) in [7, 11) is -4.74. The standard InChI is InChI=1S/C62H74N8O18S2/c1-35-41(48-40(54(75)76)13-14-47(67-48)69-18-15-36-7-6-8-39(42(36)25-69)53(74)68-58-66-43-9-4-5-10-46(43)89-58)24-65-70(35)34-61-29-59(2)28-60(3,30-61)32-62(31-59,33-61)86-20-17-64-44(27-90(80,81)82)56(79)85-26-37-11-12-38(23-45(37)84-22-21-83-19-16-63)87-57-51(73)49(71)50(72)52(88-57)55(77)78/h4-14,23-24,44,49-52,57,64,71-73H,15-22,25-34,63H2,1-3H3,(H,75,76)(H,77,78)(H,66,68,74)(H,80,81,82)/t44?,49-,50-,51+,52-,57+,59?,60?,61?,62?/m0/s1. The molecule has 0 radical (unpaired) electrons. The van der Waals surface area contributed by atoms with Gasteiger partial charge in [-0.15, -0.1) is 0 Å². The van der Waals surface area contributed by atoms with Gasteiger partial charge in [0, 0.05) is 61.2 Å². The Kier molecular flexibility index (Phi) is 18.4. The molecule has 6 aromatic rings. The number of aliphatic carboxylic acids is 1. The number of aromatic nitrogens is 4. The van der Waals surface area contributed by atoms with Crippen molar-refractivity contribution in [3.05, 3.63) is 113 Å². The number of hydrogen-bond acceptors (Lipinski definition) is 22. The summed E-state index contributed by atoms with van der Waals surface area (Å²) >= 11 is 1.40. The average molecular weight is 1280 g/mol. The maximum atomic E-state index is 13.9. The minimum absolute atomic E-state index is 0.00468. The highest BCUT2D eigenvalue weighted by Gasteiger charge is 2.66.